The number of nitrogens with two attached hydrogens (primary N) is 1. The molecule has 0 saturated heterocycles. The van der Waals surface area contributed by atoms with Crippen LogP contribution >= 0.6 is 0 Å². The molecule has 0 aliphatic heterocycles. The van der Waals surface area contributed by atoms with Crippen molar-refractivity contribution in [2.24, 2.45) is 5.73 Å². The first-order valence-electron chi connectivity index (χ1n) is 3.37. The Labute approximate surface area is 66.4 Å². The van der Waals surface area contributed by atoms with Crippen LogP contribution in [0.1, 0.15) is 20.8 Å². The fourth-order valence-electron chi connectivity index (χ4n) is 0.552. The number of nitrogens with one attached hydrogen (secondary N) is 1. The molecule has 3 N–H and O–H groups in total. The van der Waals surface area contributed by atoms with Crippen LogP contribution in [0.25, 0.3) is 0 Å². The lowest BCUT2D eigenvalue weighted by atomic mass is 9.97. The van der Waals surface area contributed by atoms with Crippen molar-refractivity contribution in [3.63, 3.8) is 0 Å². The number of hydrogen-bond acceptors (Lipinski definition) is 3. The molecule has 4 nitrogen and oxygen atoms in total. The molecule has 0 heterocycles. The van der Waals surface area contributed by atoms with Crippen LogP contribution in [0.4, 0.5) is 0 Å². The maximum absolute atomic E-state index is 10.5. The van der Waals surface area contributed by atoms with Crippen molar-refractivity contribution < 1.29 is 4.79 Å². The highest BCUT2D eigenvalue weighted by molar-refractivity contribution is 5.73. The predicted octanol–water partition coefficient (Wildman–Crippen LogP) is -0.248. The van der Waals surface area contributed by atoms with E-state index in [9.17, 15) is 4.79 Å². The number of nitrogens with zero attached hydrogens (tertiary/aromatic N) is 1. The van der Waals surface area contributed by atoms with Gasteiger partial charge in [0.1, 0.15) is 5.54 Å². The van der Waals surface area contributed by atoms with Crippen LogP contribution in [0.2, 0.25) is 0 Å². The molecule has 0 aromatic heterocycles. The van der Waals surface area contributed by atoms with Gasteiger partial charge in [0.25, 0.3) is 0 Å². The Morgan fingerprint density at radius 1 is 1.82 bits per heavy atom. The second kappa shape index (κ2) is 3.35. The zero-order valence-electron chi connectivity index (χ0n) is 7.01. The molecule has 0 aromatic rings. The van der Waals surface area contributed by atoms with Crippen LogP contribution < -0.4 is 11.1 Å². The van der Waals surface area contributed by atoms with E-state index in [0.717, 1.165) is 0 Å². The van der Waals surface area contributed by atoms with E-state index in [1.807, 2.05) is 6.07 Å². The fourth-order valence-corrected chi connectivity index (χ4v) is 0.552. The van der Waals surface area contributed by atoms with Gasteiger partial charge < -0.3 is 11.1 Å². The minimum absolute atomic E-state index is 0.176. The molecule has 62 valence electrons. The van der Waals surface area contributed by atoms with E-state index in [1.54, 1.807) is 13.8 Å². The van der Waals surface area contributed by atoms with Gasteiger partial charge in [0, 0.05) is 6.92 Å². The van der Waals surface area contributed by atoms with Crippen LogP contribution in [0.3, 0.4) is 0 Å². The van der Waals surface area contributed by atoms with E-state index < -0.39 is 5.54 Å². The van der Waals surface area contributed by atoms with Crippen molar-refractivity contribution >= 4 is 5.91 Å². The second-order valence-electron chi connectivity index (χ2n) is 2.82. The highest BCUT2D eigenvalue weighted by Crippen LogP contribution is 2.03. The summed E-state index contributed by atoms with van der Waals surface area (Å²) in [6.07, 6.45) is 0. The van der Waals surface area contributed by atoms with Gasteiger partial charge >= 0.3 is 0 Å². The monoisotopic (exact) mass is 155 g/mol. The van der Waals surface area contributed by atoms with Crippen LogP contribution in [-0.4, -0.2) is 17.5 Å². The summed E-state index contributed by atoms with van der Waals surface area (Å²) in [4.78, 5) is 10.5. The third kappa shape index (κ3) is 3.01. The van der Waals surface area contributed by atoms with Gasteiger partial charge in [0.05, 0.1) is 12.1 Å². The lowest BCUT2D eigenvalue weighted by Gasteiger charge is -2.24. The largest absolute Gasteiger partial charge is 0.351 e. The minimum Gasteiger partial charge on any atom is -0.351 e. The summed E-state index contributed by atoms with van der Waals surface area (Å²) in [5.41, 5.74) is 4.54. The molecule has 0 radical (unpaired) electrons. The smallest absolute Gasteiger partial charge is 0.217 e. The van der Waals surface area contributed by atoms with Gasteiger partial charge in [0.2, 0.25) is 5.91 Å². The topological polar surface area (TPSA) is 78.9 Å². The number of hydrogen-bond donors (Lipinski definition) is 2. The van der Waals surface area contributed by atoms with Crippen LogP contribution in [0.15, 0.2) is 0 Å². The molecule has 4 heteroatoms. The molecule has 11 heavy (non-hydrogen) atoms. The summed E-state index contributed by atoms with van der Waals surface area (Å²) in [7, 11) is 0. The molecule has 0 aliphatic carbocycles. The molecule has 0 spiro atoms. The Balaban J connectivity index is 4.15. The zero-order valence-corrected chi connectivity index (χ0v) is 7.01. The standard InChI is InChI=1S/C7H13N3O/c1-5(10-6(2)11)7(3,9)4-8/h5H,9H2,1-3H3,(H,10,11). The van der Waals surface area contributed by atoms with E-state index in [2.05, 4.69) is 5.32 Å². The van der Waals surface area contributed by atoms with Crippen molar-refractivity contribution in [3.05, 3.63) is 0 Å². The third-order valence-electron chi connectivity index (χ3n) is 1.56. The lowest BCUT2D eigenvalue weighted by molar-refractivity contribution is -0.119. The Kier molecular flexibility index (Phi) is 3.02. The van der Waals surface area contributed by atoms with Gasteiger partial charge in [-0.25, -0.2) is 0 Å². The average molecular weight is 155 g/mol. The van der Waals surface area contributed by atoms with E-state index in [1.165, 1.54) is 6.92 Å². The van der Waals surface area contributed by atoms with Crippen molar-refractivity contribution in [1.82, 2.24) is 5.32 Å². The molecule has 2 unspecified atom stereocenters. The van der Waals surface area contributed by atoms with Gasteiger partial charge in [-0.2, -0.15) is 5.26 Å². The first-order valence-corrected chi connectivity index (χ1v) is 3.37. The summed E-state index contributed by atoms with van der Waals surface area (Å²) < 4.78 is 0. The Morgan fingerprint density at radius 2 is 2.27 bits per heavy atom. The molecule has 0 fully saturated rings. The Morgan fingerprint density at radius 3 is 2.55 bits per heavy atom. The maximum Gasteiger partial charge on any atom is 0.217 e. The van der Waals surface area contributed by atoms with Gasteiger partial charge in [-0.3, -0.25) is 4.79 Å². The SMILES string of the molecule is CC(=O)NC(C)C(C)(N)C#N. The summed E-state index contributed by atoms with van der Waals surface area (Å²) in [6.45, 7) is 4.67. The molecule has 0 bridgehead atoms. The lowest BCUT2D eigenvalue weighted by Crippen LogP contribution is -2.53. The third-order valence-corrected chi connectivity index (χ3v) is 1.56. The van der Waals surface area contributed by atoms with E-state index in [0.29, 0.717) is 0 Å². The van der Waals surface area contributed by atoms with Crippen LogP contribution in [0, 0.1) is 11.3 Å². The summed E-state index contributed by atoms with van der Waals surface area (Å²) in [5.74, 6) is -0.176. The number of rotatable bonds is 2. The van der Waals surface area contributed by atoms with Crippen molar-refractivity contribution in [2.45, 2.75) is 32.4 Å². The predicted molar refractivity (Wildman–Crippen MR) is 41.5 cm³/mol. The highest BCUT2D eigenvalue weighted by atomic mass is 16.1. The Bertz CT molecular complexity index is 192. The first-order chi connectivity index (χ1) is 4.90. The quantitative estimate of drug-likeness (QED) is 0.577. The normalized spacial score (nSPS) is 17.7. The number of amides is 1. The summed E-state index contributed by atoms with van der Waals surface area (Å²) in [5, 5.41) is 11.1. The minimum atomic E-state index is -0.994. The molecule has 0 rings (SSSR count). The molecular weight excluding hydrogens is 142 g/mol. The van der Waals surface area contributed by atoms with Gasteiger partial charge in [-0.05, 0) is 13.8 Å². The molecular formula is C7H13N3O. The average Bonchev–Trinajstić information content (AvgIpc) is 1.86. The Hall–Kier alpha value is -1.08. The van der Waals surface area contributed by atoms with E-state index in [-0.39, 0.29) is 11.9 Å². The first kappa shape index (κ1) is 9.92. The molecule has 0 aliphatic rings. The molecule has 1 amide bonds. The van der Waals surface area contributed by atoms with Gasteiger partial charge in [-0.1, -0.05) is 0 Å². The summed E-state index contributed by atoms with van der Waals surface area (Å²) in [6, 6.07) is 1.58. The van der Waals surface area contributed by atoms with Gasteiger partial charge in [0.15, 0.2) is 0 Å². The molecule has 0 saturated carbocycles. The van der Waals surface area contributed by atoms with Crippen LogP contribution in [-0.2, 0) is 4.79 Å². The number of carbonyl (C=O) groups is 1. The molecule has 0 aromatic carbocycles. The highest BCUT2D eigenvalue weighted by Gasteiger charge is 2.26. The van der Waals surface area contributed by atoms with Crippen molar-refractivity contribution in [3.8, 4) is 6.07 Å². The zero-order chi connectivity index (χ0) is 9.07. The number of nitriles is 1. The fraction of sp³-hybridized carbons (Fsp3) is 0.714. The van der Waals surface area contributed by atoms with Crippen molar-refractivity contribution in [2.75, 3.05) is 0 Å². The molecule has 2 atom stereocenters. The maximum atomic E-state index is 10.5. The van der Waals surface area contributed by atoms with E-state index >= 15 is 0 Å². The van der Waals surface area contributed by atoms with Gasteiger partial charge in [-0.15, -0.1) is 0 Å². The summed E-state index contributed by atoms with van der Waals surface area (Å²) >= 11 is 0. The van der Waals surface area contributed by atoms with Crippen LogP contribution in [0.5, 0.6) is 0 Å². The van der Waals surface area contributed by atoms with E-state index in [4.69, 9.17) is 11.0 Å². The van der Waals surface area contributed by atoms with Crippen molar-refractivity contribution in [1.29, 1.82) is 5.26 Å². The number of carbonyl (C=O) groups excluding carboxylic acids is 1. The second-order valence-corrected chi connectivity index (χ2v) is 2.82.